The van der Waals surface area contributed by atoms with Gasteiger partial charge in [-0.3, -0.25) is 4.90 Å². The summed E-state index contributed by atoms with van der Waals surface area (Å²) < 4.78 is 7.95. The Labute approximate surface area is 160 Å². The Morgan fingerprint density at radius 2 is 1.96 bits per heavy atom. The zero-order chi connectivity index (χ0) is 18.9. The van der Waals surface area contributed by atoms with Gasteiger partial charge in [0.1, 0.15) is 11.4 Å². The number of nitrogens with zero attached hydrogens (tertiary/aromatic N) is 4. The van der Waals surface area contributed by atoms with Crippen LogP contribution >= 0.6 is 0 Å². The molecule has 2 aromatic rings. The van der Waals surface area contributed by atoms with Crippen LogP contribution in [0, 0.1) is 0 Å². The van der Waals surface area contributed by atoms with Gasteiger partial charge in [0.05, 0.1) is 13.1 Å². The second-order valence-corrected chi connectivity index (χ2v) is 7.97. The summed E-state index contributed by atoms with van der Waals surface area (Å²) >= 11 is 0. The van der Waals surface area contributed by atoms with Crippen LogP contribution in [0.15, 0.2) is 42.7 Å². The molecular weight excluding hydrogens is 340 g/mol. The van der Waals surface area contributed by atoms with Crippen molar-refractivity contribution in [3.05, 3.63) is 54.1 Å². The summed E-state index contributed by atoms with van der Waals surface area (Å²) in [7, 11) is 2.03. The van der Waals surface area contributed by atoms with Crippen LogP contribution in [0.4, 0.5) is 4.79 Å². The molecule has 0 aliphatic carbocycles. The van der Waals surface area contributed by atoms with Crippen LogP contribution in [-0.2, 0) is 18.3 Å². The van der Waals surface area contributed by atoms with E-state index in [4.69, 9.17) is 4.74 Å². The minimum Gasteiger partial charge on any atom is -0.441 e. The Morgan fingerprint density at radius 1 is 1.22 bits per heavy atom. The normalized spacial score (nSPS) is 20.8. The first kappa shape index (κ1) is 18.0. The van der Waals surface area contributed by atoms with Gasteiger partial charge in [-0.25, -0.2) is 9.78 Å². The molecule has 6 heteroatoms. The highest BCUT2D eigenvalue weighted by Crippen LogP contribution is 2.34. The molecule has 1 aromatic heterocycles. The monoisotopic (exact) mass is 368 g/mol. The molecule has 2 aliphatic rings. The summed E-state index contributed by atoms with van der Waals surface area (Å²) in [6.45, 7) is 6.30. The standard InChI is InChI=1S/C21H28N4O2/c1-17(18-6-4-3-5-7-18)14-25-16-21(27-20(25)26)8-11-24(12-9-21)15-19-22-10-13-23(19)2/h3-7,10,13,17H,8-9,11-12,14-16H2,1-2H3/t17-/m0/s1. The van der Waals surface area contributed by atoms with Gasteiger partial charge in [0.25, 0.3) is 0 Å². The summed E-state index contributed by atoms with van der Waals surface area (Å²) in [5, 5.41) is 0. The Balaban J connectivity index is 1.33. The molecule has 1 spiro atoms. The number of rotatable bonds is 5. The summed E-state index contributed by atoms with van der Waals surface area (Å²) in [6, 6.07) is 10.4. The molecular formula is C21H28N4O2. The lowest BCUT2D eigenvalue weighted by Gasteiger charge is -2.37. The van der Waals surface area contributed by atoms with Gasteiger partial charge in [-0.2, -0.15) is 0 Å². The van der Waals surface area contributed by atoms with Crippen LogP contribution in [-0.4, -0.2) is 57.2 Å². The maximum absolute atomic E-state index is 12.5. The van der Waals surface area contributed by atoms with Crippen LogP contribution in [0.1, 0.15) is 37.1 Å². The van der Waals surface area contributed by atoms with Crippen molar-refractivity contribution in [3.63, 3.8) is 0 Å². The number of aryl methyl sites for hydroxylation is 1. The highest BCUT2D eigenvalue weighted by molar-refractivity contribution is 5.70. The third-order valence-electron chi connectivity index (χ3n) is 5.96. The van der Waals surface area contributed by atoms with E-state index in [-0.39, 0.29) is 11.7 Å². The van der Waals surface area contributed by atoms with Gasteiger partial charge in [0, 0.05) is 51.9 Å². The van der Waals surface area contributed by atoms with E-state index >= 15 is 0 Å². The van der Waals surface area contributed by atoms with Gasteiger partial charge in [0.2, 0.25) is 0 Å². The molecule has 1 aromatic carbocycles. The van der Waals surface area contributed by atoms with E-state index in [9.17, 15) is 4.79 Å². The maximum atomic E-state index is 12.5. The number of amides is 1. The second-order valence-electron chi connectivity index (χ2n) is 7.97. The van der Waals surface area contributed by atoms with Gasteiger partial charge in [0.15, 0.2) is 0 Å². The van der Waals surface area contributed by atoms with E-state index < -0.39 is 0 Å². The van der Waals surface area contributed by atoms with Gasteiger partial charge in [-0.1, -0.05) is 37.3 Å². The summed E-state index contributed by atoms with van der Waals surface area (Å²) in [5.41, 5.74) is 0.946. The molecule has 2 aliphatic heterocycles. The van der Waals surface area contributed by atoms with E-state index in [0.29, 0.717) is 19.0 Å². The molecule has 1 atom stereocenters. The fourth-order valence-corrected chi connectivity index (χ4v) is 4.18. The SMILES string of the molecule is C[C@@H](CN1CC2(CCN(Cc3nccn3C)CC2)OC1=O)c1ccccc1. The topological polar surface area (TPSA) is 50.6 Å². The minimum atomic E-state index is -0.314. The van der Waals surface area contributed by atoms with Crippen molar-refractivity contribution in [1.29, 1.82) is 0 Å². The minimum absolute atomic E-state index is 0.157. The van der Waals surface area contributed by atoms with Gasteiger partial charge >= 0.3 is 6.09 Å². The smallest absolute Gasteiger partial charge is 0.410 e. The molecule has 0 N–H and O–H groups in total. The van der Waals surface area contributed by atoms with E-state index in [1.807, 2.05) is 42.5 Å². The zero-order valence-electron chi connectivity index (χ0n) is 16.2. The van der Waals surface area contributed by atoms with Crippen molar-refractivity contribution in [2.75, 3.05) is 26.2 Å². The molecule has 0 saturated carbocycles. The molecule has 27 heavy (non-hydrogen) atoms. The van der Waals surface area contributed by atoms with Crippen LogP contribution in [0.25, 0.3) is 0 Å². The molecule has 144 valence electrons. The van der Waals surface area contributed by atoms with Crippen molar-refractivity contribution in [3.8, 4) is 0 Å². The first-order valence-electron chi connectivity index (χ1n) is 9.76. The zero-order valence-corrected chi connectivity index (χ0v) is 16.2. The van der Waals surface area contributed by atoms with Gasteiger partial charge in [-0.05, 0) is 11.5 Å². The second kappa shape index (κ2) is 7.35. The fraction of sp³-hybridized carbons (Fsp3) is 0.524. The molecule has 2 saturated heterocycles. The van der Waals surface area contributed by atoms with Crippen LogP contribution in [0.3, 0.4) is 0 Å². The lowest BCUT2D eigenvalue weighted by molar-refractivity contribution is -0.00195. The number of carbonyl (C=O) groups excluding carboxylic acids is 1. The number of piperidine rings is 1. The number of aromatic nitrogens is 2. The maximum Gasteiger partial charge on any atom is 0.410 e. The van der Waals surface area contributed by atoms with Crippen molar-refractivity contribution >= 4 is 6.09 Å². The number of imidazole rings is 1. The van der Waals surface area contributed by atoms with Gasteiger partial charge < -0.3 is 14.2 Å². The highest BCUT2D eigenvalue weighted by atomic mass is 16.6. The number of ether oxygens (including phenoxy) is 1. The number of carbonyl (C=O) groups is 1. The van der Waals surface area contributed by atoms with Crippen molar-refractivity contribution in [1.82, 2.24) is 19.4 Å². The quantitative estimate of drug-likeness (QED) is 0.814. The average Bonchev–Trinajstić information content (AvgIpc) is 3.21. The van der Waals surface area contributed by atoms with Crippen molar-refractivity contribution in [2.24, 2.45) is 7.05 Å². The molecule has 6 nitrogen and oxygen atoms in total. The lowest BCUT2D eigenvalue weighted by atomic mass is 9.91. The summed E-state index contributed by atoms with van der Waals surface area (Å²) in [6.07, 6.45) is 5.44. The third kappa shape index (κ3) is 3.86. The predicted octanol–water partition coefficient (Wildman–Crippen LogP) is 3.01. The molecule has 3 heterocycles. The lowest BCUT2D eigenvalue weighted by Crippen LogP contribution is -2.46. The largest absolute Gasteiger partial charge is 0.441 e. The Morgan fingerprint density at radius 3 is 2.63 bits per heavy atom. The Hall–Kier alpha value is -2.34. The van der Waals surface area contributed by atoms with E-state index in [2.05, 4.69) is 33.5 Å². The molecule has 0 unspecified atom stereocenters. The molecule has 2 fully saturated rings. The van der Waals surface area contributed by atoms with Crippen LogP contribution in [0.2, 0.25) is 0 Å². The number of benzene rings is 1. The molecule has 1 amide bonds. The summed E-state index contributed by atoms with van der Waals surface area (Å²) in [5.74, 6) is 1.38. The first-order chi connectivity index (χ1) is 13.0. The van der Waals surface area contributed by atoms with Crippen molar-refractivity contribution < 1.29 is 9.53 Å². The van der Waals surface area contributed by atoms with Crippen LogP contribution < -0.4 is 0 Å². The van der Waals surface area contributed by atoms with Crippen LogP contribution in [0.5, 0.6) is 0 Å². The number of likely N-dealkylation sites (tertiary alicyclic amines) is 1. The van der Waals surface area contributed by atoms with E-state index in [1.54, 1.807) is 0 Å². The van der Waals surface area contributed by atoms with E-state index in [0.717, 1.165) is 38.3 Å². The number of hydrogen-bond acceptors (Lipinski definition) is 4. The fourth-order valence-electron chi connectivity index (χ4n) is 4.18. The number of hydrogen-bond donors (Lipinski definition) is 0. The average molecular weight is 368 g/mol. The van der Waals surface area contributed by atoms with Gasteiger partial charge in [-0.15, -0.1) is 0 Å². The molecule has 4 rings (SSSR count). The molecule has 0 radical (unpaired) electrons. The highest BCUT2D eigenvalue weighted by Gasteiger charge is 2.47. The molecule has 0 bridgehead atoms. The Kier molecular flexibility index (Phi) is 4.91. The first-order valence-corrected chi connectivity index (χ1v) is 9.76. The van der Waals surface area contributed by atoms with Crippen molar-refractivity contribution in [2.45, 2.75) is 37.8 Å². The predicted molar refractivity (Wildman–Crippen MR) is 103 cm³/mol. The van der Waals surface area contributed by atoms with E-state index in [1.165, 1.54) is 5.56 Å². The Bertz CT molecular complexity index is 780. The summed E-state index contributed by atoms with van der Waals surface area (Å²) in [4.78, 5) is 21.2. The third-order valence-corrected chi connectivity index (χ3v) is 5.96.